The SMILES string of the molecule is Cc1cccc(C)c1-c1c2ccccc2c(-c2ccc3sc4cc(-c5c6ccccc6c(-c6ccccc6)c6ccccc56)ccc4c3c2)c2ccccc12. The van der Waals surface area contributed by atoms with Crippen LogP contribution in [0, 0.1) is 13.8 Å². The van der Waals surface area contributed by atoms with E-state index < -0.39 is 0 Å². The van der Waals surface area contributed by atoms with Gasteiger partial charge in [-0.1, -0.05) is 164 Å². The van der Waals surface area contributed by atoms with Gasteiger partial charge in [-0.2, -0.15) is 0 Å². The molecule has 11 aromatic rings. The molecule has 0 unspecified atom stereocenters. The average Bonchev–Trinajstić information content (AvgIpc) is 3.60. The molecule has 0 radical (unpaired) electrons. The normalized spacial score (nSPS) is 11.8. The highest BCUT2D eigenvalue weighted by Gasteiger charge is 2.21. The molecule has 0 aliphatic carbocycles. The van der Waals surface area contributed by atoms with Gasteiger partial charge < -0.3 is 0 Å². The lowest BCUT2D eigenvalue weighted by molar-refractivity contribution is 1.39. The largest absolute Gasteiger partial charge is 0.135 e. The topological polar surface area (TPSA) is 0 Å². The fourth-order valence-corrected chi connectivity index (χ4v) is 10.5. The van der Waals surface area contributed by atoms with Crippen molar-refractivity contribution in [2.75, 3.05) is 0 Å². The number of hydrogen-bond acceptors (Lipinski definition) is 1. The number of rotatable bonds is 4. The van der Waals surface area contributed by atoms with Crippen molar-refractivity contribution in [2.24, 2.45) is 0 Å². The molecule has 1 heteroatoms. The van der Waals surface area contributed by atoms with E-state index in [1.165, 1.54) is 119 Å². The summed E-state index contributed by atoms with van der Waals surface area (Å²) >= 11 is 1.90. The van der Waals surface area contributed by atoms with Crippen molar-refractivity contribution in [3.8, 4) is 44.5 Å². The zero-order chi connectivity index (χ0) is 36.6. The van der Waals surface area contributed by atoms with Gasteiger partial charge in [-0.3, -0.25) is 0 Å². The van der Waals surface area contributed by atoms with Crippen LogP contribution in [0.5, 0.6) is 0 Å². The zero-order valence-electron chi connectivity index (χ0n) is 30.7. The van der Waals surface area contributed by atoms with Gasteiger partial charge in [-0.05, 0) is 131 Å². The lowest BCUT2D eigenvalue weighted by atomic mass is 9.83. The van der Waals surface area contributed by atoms with Crippen LogP contribution in [-0.4, -0.2) is 0 Å². The van der Waals surface area contributed by atoms with Crippen LogP contribution >= 0.6 is 11.3 Å². The Morgan fingerprint density at radius 3 is 1.18 bits per heavy atom. The summed E-state index contributed by atoms with van der Waals surface area (Å²) in [5.41, 5.74) is 12.9. The molecule has 0 nitrogen and oxygen atoms in total. The summed E-state index contributed by atoms with van der Waals surface area (Å²) in [6, 6.07) is 67.6. The third kappa shape index (κ3) is 4.90. The summed E-state index contributed by atoms with van der Waals surface area (Å²) in [6.45, 7) is 4.48. The third-order valence-electron chi connectivity index (χ3n) is 11.7. The Bertz CT molecular complexity index is 3190. The van der Waals surface area contributed by atoms with E-state index in [-0.39, 0.29) is 0 Å². The monoisotopic (exact) mass is 716 g/mol. The number of aryl methyl sites for hydroxylation is 2. The van der Waals surface area contributed by atoms with E-state index in [4.69, 9.17) is 0 Å². The highest BCUT2D eigenvalue weighted by molar-refractivity contribution is 7.25. The first-order chi connectivity index (χ1) is 27.1. The lowest BCUT2D eigenvalue weighted by Crippen LogP contribution is -1.94. The van der Waals surface area contributed by atoms with Gasteiger partial charge in [0.25, 0.3) is 0 Å². The fraction of sp³-hybridized carbons (Fsp3) is 0.0370. The standard InChI is InChI=1S/C54H36S/c1-33-15-14-16-34(2)50(33)54-45-25-12-10-23-43(45)52(44-24-11-13-26-46(44)54)36-28-30-48-47(31-36)38-29-27-37(32-49(38)55-48)53-41-21-8-6-19-39(41)51(35-17-4-3-5-18-35)40-20-7-9-22-42(40)53/h3-32H,1-2H3. The number of fused-ring (bicyclic) bond motifs is 7. The molecule has 0 fully saturated rings. The van der Waals surface area contributed by atoms with Crippen LogP contribution in [0.25, 0.3) is 108 Å². The minimum Gasteiger partial charge on any atom is -0.135 e. The molecular formula is C54H36S. The summed E-state index contributed by atoms with van der Waals surface area (Å²) in [7, 11) is 0. The van der Waals surface area contributed by atoms with E-state index in [1.54, 1.807) is 0 Å². The van der Waals surface area contributed by atoms with Gasteiger partial charge in [0.15, 0.2) is 0 Å². The Kier molecular flexibility index (Phi) is 7.27. The minimum atomic E-state index is 1.25. The second kappa shape index (κ2) is 12.5. The van der Waals surface area contributed by atoms with Gasteiger partial charge in [0.1, 0.15) is 0 Å². The van der Waals surface area contributed by atoms with Crippen molar-refractivity contribution in [3.63, 3.8) is 0 Å². The second-order valence-corrected chi connectivity index (χ2v) is 15.9. The first-order valence-corrected chi connectivity index (χ1v) is 19.9. The van der Waals surface area contributed by atoms with Crippen LogP contribution in [-0.2, 0) is 0 Å². The molecule has 1 heterocycles. The molecular weight excluding hydrogens is 681 g/mol. The number of thiophene rings is 1. The van der Waals surface area contributed by atoms with Crippen LogP contribution in [0.2, 0.25) is 0 Å². The second-order valence-electron chi connectivity index (χ2n) is 14.8. The molecule has 0 amide bonds. The summed E-state index contributed by atoms with van der Waals surface area (Å²) < 4.78 is 2.62. The van der Waals surface area contributed by atoms with Crippen molar-refractivity contribution >= 4 is 74.6 Å². The zero-order valence-corrected chi connectivity index (χ0v) is 31.5. The Morgan fingerprint density at radius 2 is 0.673 bits per heavy atom. The van der Waals surface area contributed by atoms with Crippen molar-refractivity contribution in [3.05, 3.63) is 193 Å². The van der Waals surface area contributed by atoms with Gasteiger partial charge in [0, 0.05) is 20.2 Å². The maximum atomic E-state index is 2.44. The molecule has 55 heavy (non-hydrogen) atoms. The Hall–Kier alpha value is -6.54. The van der Waals surface area contributed by atoms with Crippen LogP contribution in [0.4, 0.5) is 0 Å². The van der Waals surface area contributed by atoms with E-state index in [0.717, 1.165) is 0 Å². The quantitative estimate of drug-likeness (QED) is 0.159. The Morgan fingerprint density at radius 1 is 0.255 bits per heavy atom. The van der Waals surface area contributed by atoms with Crippen LogP contribution in [0.15, 0.2) is 182 Å². The van der Waals surface area contributed by atoms with E-state index in [1.807, 2.05) is 11.3 Å². The first kappa shape index (κ1) is 31.9. The molecule has 0 N–H and O–H groups in total. The van der Waals surface area contributed by atoms with E-state index in [0.29, 0.717) is 0 Å². The summed E-state index contributed by atoms with van der Waals surface area (Å²) in [5, 5.41) is 12.9. The Labute approximate surface area is 324 Å². The summed E-state index contributed by atoms with van der Waals surface area (Å²) in [5.74, 6) is 0. The van der Waals surface area contributed by atoms with Gasteiger partial charge in [0.2, 0.25) is 0 Å². The maximum absolute atomic E-state index is 2.44. The van der Waals surface area contributed by atoms with Crippen LogP contribution in [0.3, 0.4) is 0 Å². The highest BCUT2D eigenvalue weighted by atomic mass is 32.1. The molecule has 10 aromatic carbocycles. The average molecular weight is 717 g/mol. The molecule has 0 atom stereocenters. The molecule has 0 bridgehead atoms. The number of hydrogen-bond donors (Lipinski definition) is 0. The molecule has 0 saturated heterocycles. The van der Waals surface area contributed by atoms with Crippen molar-refractivity contribution in [1.82, 2.24) is 0 Å². The highest BCUT2D eigenvalue weighted by Crippen LogP contribution is 2.48. The molecule has 11 rings (SSSR count). The lowest BCUT2D eigenvalue weighted by Gasteiger charge is -2.20. The molecule has 258 valence electrons. The van der Waals surface area contributed by atoms with Crippen molar-refractivity contribution in [2.45, 2.75) is 13.8 Å². The molecule has 0 spiro atoms. The van der Waals surface area contributed by atoms with Gasteiger partial charge >= 0.3 is 0 Å². The van der Waals surface area contributed by atoms with Crippen LogP contribution < -0.4 is 0 Å². The predicted octanol–water partition coefficient (Wildman–Crippen LogP) is 16.0. The minimum absolute atomic E-state index is 1.25. The van der Waals surface area contributed by atoms with Gasteiger partial charge in [-0.15, -0.1) is 11.3 Å². The van der Waals surface area contributed by atoms with Gasteiger partial charge in [0.05, 0.1) is 0 Å². The number of benzene rings is 10. The van der Waals surface area contributed by atoms with Gasteiger partial charge in [-0.25, -0.2) is 0 Å². The van der Waals surface area contributed by atoms with Crippen LogP contribution in [0.1, 0.15) is 11.1 Å². The molecule has 0 saturated carbocycles. The molecule has 0 aliphatic heterocycles. The smallest absolute Gasteiger partial charge is 0.0361 e. The predicted molar refractivity (Wildman–Crippen MR) is 241 cm³/mol. The van der Waals surface area contributed by atoms with E-state index in [9.17, 15) is 0 Å². The maximum Gasteiger partial charge on any atom is 0.0361 e. The Balaban J connectivity index is 1.13. The molecule has 1 aromatic heterocycles. The van der Waals surface area contributed by atoms with Crippen molar-refractivity contribution < 1.29 is 0 Å². The van der Waals surface area contributed by atoms with Crippen molar-refractivity contribution in [1.29, 1.82) is 0 Å². The van der Waals surface area contributed by atoms with E-state index >= 15 is 0 Å². The first-order valence-electron chi connectivity index (χ1n) is 19.1. The summed E-state index contributed by atoms with van der Waals surface area (Å²) in [6.07, 6.45) is 0. The van der Waals surface area contributed by atoms with E-state index in [2.05, 4.69) is 196 Å². The fourth-order valence-electron chi connectivity index (χ4n) is 9.36. The molecule has 0 aliphatic rings. The summed E-state index contributed by atoms with van der Waals surface area (Å²) in [4.78, 5) is 0. The third-order valence-corrected chi connectivity index (χ3v) is 12.8.